The molecule has 2 rings (SSSR count). The van der Waals surface area contributed by atoms with Crippen molar-refractivity contribution >= 4 is 15.8 Å². The first-order chi connectivity index (χ1) is 10.4. The third-order valence-electron chi connectivity index (χ3n) is 3.21. The fourth-order valence-corrected chi connectivity index (χ4v) is 2.72. The van der Waals surface area contributed by atoms with Gasteiger partial charge in [0.05, 0.1) is 24.7 Å². The van der Waals surface area contributed by atoms with E-state index < -0.39 is 15.8 Å². The Labute approximate surface area is 129 Å². The Morgan fingerprint density at radius 1 is 1.05 bits per heavy atom. The van der Waals surface area contributed by atoms with Gasteiger partial charge in [0.25, 0.3) is 0 Å². The molecular weight excluding hydrogens is 304 g/mol. The van der Waals surface area contributed by atoms with Crippen LogP contribution in [0.25, 0.3) is 11.1 Å². The zero-order valence-corrected chi connectivity index (χ0v) is 13.3. The highest BCUT2D eigenvalue weighted by molar-refractivity contribution is 7.90. The zero-order chi connectivity index (χ0) is 16.3. The second kappa shape index (κ2) is 6.19. The minimum atomic E-state index is -3.41. The molecule has 2 aromatic rings. The number of esters is 1. The van der Waals surface area contributed by atoms with Crippen LogP contribution in [0.1, 0.15) is 10.4 Å². The average molecular weight is 320 g/mol. The van der Waals surface area contributed by atoms with Crippen molar-refractivity contribution in [1.82, 2.24) is 0 Å². The molecule has 0 unspecified atom stereocenters. The Balaban J connectivity index is 2.67. The molecule has 2 aromatic carbocycles. The minimum Gasteiger partial charge on any atom is -0.497 e. The molecule has 0 aliphatic carbocycles. The molecular formula is C16H16O5S. The van der Waals surface area contributed by atoms with Crippen LogP contribution < -0.4 is 4.74 Å². The number of methoxy groups -OCH3 is 2. The van der Waals surface area contributed by atoms with Crippen molar-refractivity contribution in [1.29, 1.82) is 0 Å². The van der Waals surface area contributed by atoms with Gasteiger partial charge in [0, 0.05) is 6.26 Å². The Morgan fingerprint density at radius 3 is 2.36 bits per heavy atom. The van der Waals surface area contributed by atoms with Crippen molar-refractivity contribution in [3.8, 4) is 16.9 Å². The molecule has 22 heavy (non-hydrogen) atoms. The lowest BCUT2D eigenvalue weighted by Crippen LogP contribution is -2.06. The minimum absolute atomic E-state index is 0.0690. The first-order valence-electron chi connectivity index (χ1n) is 6.43. The van der Waals surface area contributed by atoms with Crippen LogP contribution in [0.3, 0.4) is 0 Å². The van der Waals surface area contributed by atoms with Gasteiger partial charge in [0.1, 0.15) is 5.75 Å². The summed E-state index contributed by atoms with van der Waals surface area (Å²) in [4.78, 5) is 12.1. The number of sulfone groups is 1. The van der Waals surface area contributed by atoms with Crippen molar-refractivity contribution in [2.75, 3.05) is 20.5 Å². The highest BCUT2D eigenvalue weighted by Crippen LogP contribution is 2.29. The molecule has 0 bridgehead atoms. The Kier molecular flexibility index (Phi) is 4.51. The third kappa shape index (κ3) is 3.28. The summed E-state index contributed by atoms with van der Waals surface area (Å²) in [6.45, 7) is 0. The number of carbonyl (C=O) groups excluding carboxylic acids is 1. The fourth-order valence-electron chi connectivity index (χ4n) is 2.08. The van der Waals surface area contributed by atoms with E-state index >= 15 is 0 Å². The second-order valence-electron chi connectivity index (χ2n) is 4.70. The standard InChI is InChI=1S/C16H16O5S/c1-20-12-6-4-5-11(9-12)14-8-7-13(22(3,18)19)10-15(14)16(17)21-2/h4-10H,1-3H3. The summed E-state index contributed by atoms with van der Waals surface area (Å²) in [5, 5.41) is 0. The molecule has 0 atom stereocenters. The van der Waals surface area contributed by atoms with Gasteiger partial charge in [-0.3, -0.25) is 0 Å². The summed E-state index contributed by atoms with van der Waals surface area (Å²) >= 11 is 0. The van der Waals surface area contributed by atoms with E-state index in [-0.39, 0.29) is 10.5 Å². The molecule has 0 saturated heterocycles. The van der Waals surface area contributed by atoms with Gasteiger partial charge in [-0.1, -0.05) is 18.2 Å². The number of carbonyl (C=O) groups is 1. The predicted octanol–water partition coefficient (Wildman–Crippen LogP) is 2.55. The van der Waals surface area contributed by atoms with Gasteiger partial charge < -0.3 is 9.47 Å². The SMILES string of the molecule is COC(=O)c1cc(S(C)(=O)=O)ccc1-c1cccc(OC)c1. The van der Waals surface area contributed by atoms with Crippen LogP contribution in [-0.2, 0) is 14.6 Å². The summed E-state index contributed by atoms with van der Waals surface area (Å²) in [6, 6.07) is 11.5. The number of hydrogen-bond donors (Lipinski definition) is 0. The third-order valence-corrected chi connectivity index (χ3v) is 4.32. The quantitative estimate of drug-likeness (QED) is 0.810. The molecule has 0 radical (unpaired) electrons. The average Bonchev–Trinajstić information content (AvgIpc) is 2.52. The monoisotopic (exact) mass is 320 g/mol. The molecule has 0 aromatic heterocycles. The first-order valence-corrected chi connectivity index (χ1v) is 8.33. The second-order valence-corrected chi connectivity index (χ2v) is 6.72. The maximum Gasteiger partial charge on any atom is 0.338 e. The lowest BCUT2D eigenvalue weighted by atomic mass is 9.99. The molecule has 0 aliphatic rings. The van der Waals surface area contributed by atoms with Gasteiger partial charge in [-0.05, 0) is 35.4 Å². The highest BCUT2D eigenvalue weighted by Gasteiger charge is 2.18. The lowest BCUT2D eigenvalue weighted by Gasteiger charge is -2.11. The van der Waals surface area contributed by atoms with E-state index in [9.17, 15) is 13.2 Å². The van der Waals surface area contributed by atoms with Crippen molar-refractivity contribution in [3.05, 3.63) is 48.0 Å². The van der Waals surface area contributed by atoms with E-state index in [1.165, 1.54) is 19.2 Å². The molecule has 0 N–H and O–H groups in total. The van der Waals surface area contributed by atoms with E-state index in [1.54, 1.807) is 31.4 Å². The number of ether oxygens (including phenoxy) is 2. The normalized spacial score (nSPS) is 11.0. The molecule has 0 amide bonds. The van der Waals surface area contributed by atoms with Crippen molar-refractivity contribution < 1.29 is 22.7 Å². The van der Waals surface area contributed by atoms with Crippen LogP contribution in [0.2, 0.25) is 0 Å². The van der Waals surface area contributed by atoms with Crippen LogP contribution in [-0.4, -0.2) is 34.9 Å². The largest absolute Gasteiger partial charge is 0.497 e. The molecule has 116 valence electrons. The smallest absolute Gasteiger partial charge is 0.338 e. The molecule has 5 nitrogen and oxygen atoms in total. The van der Waals surface area contributed by atoms with E-state index in [0.29, 0.717) is 11.3 Å². The summed E-state index contributed by atoms with van der Waals surface area (Å²) in [7, 11) is -0.608. The molecule has 0 spiro atoms. The van der Waals surface area contributed by atoms with Crippen LogP contribution >= 0.6 is 0 Å². The van der Waals surface area contributed by atoms with Gasteiger partial charge in [-0.2, -0.15) is 0 Å². The first kappa shape index (κ1) is 16.0. The Morgan fingerprint density at radius 2 is 1.77 bits per heavy atom. The number of hydrogen-bond acceptors (Lipinski definition) is 5. The summed E-state index contributed by atoms with van der Waals surface area (Å²) < 4.78 is 33.3. The Hall–Kier alpha value is -2.34. The van der Waals surface area contributed by atoms with E-state index in [0.717, 1.165) is 11.8 Å². The van der Waals surface area contributed by atoms with Crippen LogP contribution in [0, 0.1) is 0 Å². The van der Waals surface area contributed by atoms with Crippen molar-refractivity contribution in [2.45, 2.75) is 4.90 Å². The van der Waals surface area contributed by atoms with Gasteiger partial charge in [-0.25, -0.2) is 13.2 Å². The van der Waals surface area contributed by atoms with Gasteiger partial charge in [0.15, 0.2) is 9.84 Å². The summed E-state index contributed by atoms with van der Waals surface area (Å²) in [5.74, 6) is 0.0452. The van der Waals surface area contributed by atoms with Gasteiger partial charge in [-0.15, -0.1) is 0 Å². The van der Waals surface area contributed by atoms with E-state index in [1.807, 2.05) is 6.07 Å². The van der Waals surface area contributed by atoms with Crippen LogP contribution in [0.15, 0.2) is 47.4 Å². The topological polar surface area (TPSA) is 69.7 Å². The molecule has 0 fully saturated rings. The lowest BCUT2D eigenvalue weighted by molar-refractivity contribution is 0.0601. The number of benzene rings is 2. The maximum absolute atomic E-state index is 12.0. The Bertz CT molecular complexity index is 809. The zero-order valence-electron chi connectivity index (χ0n) is 12.5. The maximum atomic E-state index is 12.0. The van der Waals surface area contributed by atoms with Gasteiger partial charge in [0.2, 0.25) is 0 Å². The molecule has 0 heterocycles. The number of rotatable bonds is 4. The molecule has 6 heteroatoms. The fraction of sp³-hybridized carbons (Fsp3) is 0.188. The van der Waals surface area contributed by atoms with Crippen molar-refractivity contribution in [2.24, 2.45) is 0 Å². The van der Waals surface area contributed by atoms with Gasteiger partial charge >= 0.3 is 5.97 Å². The van der Waals surface area contributed by atoms with Crippen LogP contribution in [0.5, 0.6) is 5.75 Å². The predicted molar refractivity (Wildman–Crippen MR) is 82.9 cm³/mol. The van der Waals surface area contributed by atoms with Crippen LogP contribution in [0.4, 0.5) is 0 Å². The molecule has 0 aliphatic heterocycles. The van der Waals surface area contributed by atoms with E-state index in [2.05, 4.69) is 0 Å². The highest BCUT2D eigenvalue weighted by atomic mass is 32.2. The van der Waals surface area contributed by atoms with E-state index in [4.69, 9.17) is 9.47 Å². The summed E-state index contributed by atoms with van der Waals surface area (Å²) in [5.41, 5.74) is 1.51. The molecule has 0 saturated carbocycles. The summed E-state index contributed by atoms with van der Waals surface area (Å²) in [6.07, 6.45) is 1.09. The van der Waals surface area contributed by atoms with Crippen molar-refractivity contribution in [3.63, 3.8) is 0 Å².